The minimum absolute atomic E-state index is 0.416. The highest BCUT2D eigenvalue weighted by molar-refractivity contribution is 9.10. The zero-order valence-electron chi connectivity index (χ0n) is 11.3. The van der Waals surface area contributed by atoms with E-state index in [0.717, 1.165) is 35.7 Å². The van der Waals surface area contributed by atoms with E-state index in [0.29, 0.717) is 18.1 Å². The third-order valence-electron chi connectivity index (χ3n) is 3.89. The smallest absolute Gasteiger partial charge is 0.246 e. The highest BCUT2D eigenvalue weighted by atomic mass is 79.9. The molecule has 2 aromatic rings. The number of aromatic nitrogens is 2. The Bertz CT molecular complexity index is 590. The molecule has 0 spiro atoms. The van der Waals surface area contributed by atoms with Crippen LogP contribution in [0.2, 0.25) is 0 Å². The predicted octanol–water partition coefficient (Wildman–Crippen LogP) is 3.54. The Labute approximate surface area is 126 Å². The van der Waals surface area contributed by atoms with Crippen molar-refractivity contribution in [1.82, 2.24) is 10.1 Å². The maximum atomic E-state index is 6.41. The molecule has 0 saturated heterocycles. The molecule has 0 radical (unpaired) electrons. The van der Waals surface area contributed by atoms with Gasteiger partial charge in [0, 0.05) is 10.9 Å². The summed E-state index contributed by atoms with van der Waals surface area (Å²) in [5.41, 5.74) is 7.15. The van der Waals surface area contributed by atoms with Gasteiger partial charge in [-0.05, 0) is 30.5 Å². The predicted molar refractivity (Wildman–Crippen MR) is 80.2 cm³/mol. The van der Waals surface area contributed by atoms with Crippen LogP contribution in [0.25, 0.3) is 0 Å². The topological polar surface area (TPSA) is 64.9 Å². The summed E-state index contributed by atoms with van der Waals surface area (Å²) in [6.45, 7) is 0. The third kappa shape index (κ3) is 2.94. The monoisotopic (exact) mass is 335 g/mol. The van der Waals surface area contributed by atoms with Gasteiger partial charge in [0.05, 0.1) is 5.54 Å². The lowest BCUT2D eigenvalue weighted by Gasteiger charge is -2.29. The van der Waals surface area contributed by atoms with Gasteiger partial charge in [-0.15, -0.1) is 0 Å². The van der Waals surface area contributed by atoms with E-state index in [1.165, 1.54) is 6.42 Å². The lowest BCUT2D eigenvalue weighted by Crippen LogP contribution is -2.39. The Kier molecular flexibility index (Phi) is 3.89. The van der Waals surface area contributed by atoms with Crippen LogP contribution in [0.1, 0.15) is 49.4 Å². The first kappa shape index (κ1) is 13.8. The highest BCUT2D eigenvalue weighted by Crippen LogP contribution is 2.33. The fourth-order valence-electron chi connectivity index (χ4n) is 2.75. The minimum atomic E-state index is -0.416. The number of hydrogen-bond donors (Lipinski definition) is 1. The van der Waals surface area contributed by atoms with E-state index in [4.69, 9.17) is 10.3 Å². The molecule has 1 aromatic heterocycles. The van der Waals surface area contributed by atoms with Crippen LogP contribution in [0.4, 0.5) is 0 Å². The van der Waals surface area contributed by atoms with E-state index in [9.17, 15) is 0 Å². The molecule has 0 bridgehead atoms. The molecule has 1 fully saturated rings. The van der Waals surface area contributed by atoms with E-state index < -0.39 is 5.54 Å². The van der Waals surface area contributed by atoms with Gasteiger partial charge in [0.15, 0.2) is 5.82 Å². The van der Waals surface area contributed by atoms with Crippen molar-refractivity contribution in [2.45, 2.75) is 44.1 Å². The van der Waals surface area contributed by atoms with E-state index in [1.807, 2.05) is 12.1 Å². The van der Waals surface area contributed by atoms with Crippen LogP contribution in [0.15, 0.2) is 33.3 Å². The summed E-state index contributed by atoms with van der Waals surface area (Å²) in [6, 6.07) is 8.13. The second-order valence-corrected chi connectivity index (χ2v) is 6.45. The van der Waals surface area contributed by atoms with Gasteiger partial charge in [0.2, 0.25) is 5.89 Å². The van der Waals surface area contributed by atoms with Crippen molar-refractivity contribution >= 4 is 15.9 Å². The van der Waals surface area contributed by atoms with Crippen LogP contribution in [-0.2, 0) is 12.0 Å². The molecule has 3 rings (SSSR count). The van der Waals surface area contributed by atoms with Gasteiger partial charge in [-0.1, -0.05) is 52.5 Å². The van der Waals surface area contributed by atoms with Crippen molar-refractivity contribution in [2.24, 2.45) is 5.73 Å². The van der Waals surface area contributed by atoms with Crippen LogP contribution in [0.5, 0.6) is 0 Å². The van der Waals surface area contributed by atoms with Gasteiger partial charge in [-0.3, -0.25) is 0 Å². The fraction of sp³-hybridized carbons (Fsp3) is 0.467. The molecule has 0 unspecified atom stereocenters. The van der Waals surface area contributed by atoms with E-state index in [2.05, 4.69) is 38.2 Å². The minimum Gasteiger partial charge on any atom is -0.337 e. The first-order chi connectivity index (χ1) is 9.66. The Morgan fingerprint density at radius 3 is 2.80 bits per heavy atom. The molecule has 1 heterocycles. The van der Waals surface area contributed by atoms with Crippen molar-refractivity contribution in [1.29, 1.82) is 0 Å². The Morgan fingerprint density at radius 1 is 1.25 bits per heavy atom. The molecule has 0 aliphatic heterocycles. The van der Waals surface area contributed by atoms with Crippen molar-refractivity contribution in [3.05, 3.63) is 46.0 Å². The molecule has 2 N–H and O–H groups in total. The first-order valence-corrected chi connectivity index (χ1v) is 7.81. The van der Waals surface area contributed by atoms with Crippen LogP contribution < -0.4 is 5.73 Å². The second-order valence-electron chi connectivity index (χ2n) is 5.54. The summed E-state index contributed by atoms with van der Waals surface area (Å²) < 4.78 is 6.47. The first-order valence-electron chi connectivity index (χ1n) is 7.02. The number of rotatable bonds is 3. The Hall–Kier alpha value is -1.20. The molecule has 106 valence electrons. The summed E-state index contributed by atoms with van der Waals surface area (Å²) in [7, 11) is 0. The summed E-state index contributed by atoms with van der Waals surface area (Å²) >= 11 is 3.47. The third-order valence-corrected chi connectivity index (χ3v) is 4.38. The summed E-state index contributed by atoms with van der Waals surface area (Å²) in [6.07, 6.45) is 6.06. The van der Waals surface area contributed by atoms with Gasteiger partial charge >= 0.3 is 0 Å². The molecule has 1 saturated carbocycles. The van der Waals surface area contributed by atoms with E-state index in [1.54, 1.807) is 0 Å². The molecule has 1 aliphatic rings. The molecule has 4 nitrogen and oxygen atoms in total. The zero-order valence-corrected chi connectivity index (χ0v) is 12.9. The molecule has 1 aliphatic carbocycles. The van der Waals surface area contributed by atoms with E-state index in [-0.39, 0.29) is 0 Å². The number of halogens is 1. The van der Waals surface area contributed by atoms with Crippen molar-refractivity contribution < 1.29 is 4.52 Å². The Balaban J connectivity index is 1.76. The average Bonchev–Trinajstić information content (AvgIpc) is 2.89. The molecule has 20 heavy (non-hydrogen) atoms. The quantitative estimate of drug-likeness (QED) is 0.931. The van der Waals surface area contributed by atoms with Crippen molar-refractivity contribution in [2.75, 3.05) is 0 Å². The second kappa shape index (κ2) is 5.66. The normalized spacial score (nSPS) is 18.1. The zero-order chi connectivity index (χ0) is 14.0. The number of benzene rings is 1. The van der Waals surface area contributed by atoms with Crippen molar-refractivity contribution in [3.8, 4) is 0 Å². The summed E-state index contributed by atoms with van der Waals surface area (Å²) in [5.74, 6) is 1.30. The van der Waals surface area contributed by atoms with Crippen LogP contribution >= 0.6 is 15.9 Å². The van der Waals surface area contributed by atoms with Crippen LogP contribution in [-0.4, -0.2) is 10.1 Å². The van der Waals surface area contributed by atoms with Gasteiger partial charge < -0.3 is 10.3 Å². The number of hydrogen-bond acceptors (Lipinski definition) is 4. The van der Waals surface area contributed by atoms with Crippen LogP contribution in [0.3, 0.4) is 0 Å². The maximum Gasteiger partial charge on any atom is 0.246 e. The number of nitrogens with two attached hydrogens (primary N) is 1. The lowest BCUT2D eigenvalue weighted by atomic mass is 9.82. The van der Waals surface area contributed by atoms with Crippen LogP contribution in [0, 0.1) is 0 Å². The van der Waals surface area contributed by atoms with E-state index >= 15 is 0 Å². The van der Waals surface area contributed by atoms with Crippen molar-refractivity contribution in [3.63, 3.8) is 0 Å². The van der Waals surface area contributed by atoms with Gasteiger partial charge in [-0.2, -0.15) is 4.98 Å². The molecule has 5 heteroatoms. The highest BCUT2D eigenvalue weighted by Gasteiger charge is 2.35. The van der Waals surface area contributed by atoms with Gasteiger partial charge in [0.25, 0.3) is 0 Å². The molecular weight excluding hydrogens is 318 g/mol. The fourth-order valence-corrected chi connectivity index (χ4v) is 3.20. The Morgan fingerprint density at radius 2 is 2.05 bits per heavy atom. The lowest BCUT2D eigenvalue weighted by molar-refractivity contribution is 0.219. The number of nitrogens with zero attached hydrogens (tertiary/aromatic N) is 2. The molecule has 0 amide bonds. The standard InChI is InChI=1S/C15H18BrN3O/c16-12-6-4-5-11(9-12)10-13-18-14(20-19-13)15(17)7-2-1-3-8-15/h4-6,9H,1-3,7-8,10,17H2. The molecule has 0 atom stereocenters. The molecule has 1 aromatic carbocycles. The summed E-state index contributed by atoms with van der Waals surface area (Å²) in [4.78, 5) is 4.51. The largest absolute Gasteiger partial charge is 0.337 e. The maximum absolute atomic E-state index is 6.41. The van der Waals surface area contributed by atoms with Gasteiger partial charge in [0.1, 0.15) is 0 Å². The van der Waals surface area contributed by atoms with Gasteiger partial charge in [-0.25, -0.2) is 0 Å². The summed E-state index contributed by atoms with van der Waals surface area (Å²) in [5, 5.41) is 4.08. The SMILES string of the molecule is NC1(c2nc(Cc3cccc(Br)c3)no2)CCCCC1. The molecular formula is C15H18BrN3O. The average molecular weight is 336 g/mol.